The number of phenols is 1. The van der Waals surface area contributed by atoms with E-state index in [9.17, 15) is 9.90 Å². The van der Waals surface area contributed by atoms with Gasteiger partial charge in [-0.25, -0.2) is 0 Å². The number of aryl methyl sites for hydroxylation is 1. The van der Waals surface area contributed by atoms with E-state index in [2.05, 4.69) is 21.2 Å². The lowest BCUT2D eigenvalue weighted by molar-refractivity contribution is -0.116. The van der Waals surface area contributed by atoms with E-state index in [4.69, 9.17) is 11.6 Å². The fourth-order valence-electron chi connectivity index (χ4n) is 1.33. The van der Waals surface area contributed by atoms with Crippen LogP contribution in [0.2, 0.25) is 5.02 Å². The zero-order valence-electron chi connectivity index (χ0n) is 9.92. The van der Waals surface area contributed by atoms with Crippen LogP contribution in [0, 0.1) is 12.8 Å². The molecule has 0 aliphatic carbocycles. The Balaban J connectivity index is 2.92. The van der Waals surface area contributed by atoms with Crippen molar-refractivity contribution < 1.29 is 9.90 Å². The van der Waals surface area contributed by atoms with Gasteiger partial charge in [0.2, 0.25) is 5.91 Å². The molecule has 0 saturated heterocycles. The molecule has 0 bridgehead atoms. The minimum Gasteiger partial charge on any atom is -0.504 e. The Morgan fingerprint density at radius 3 is 2.59 bits per heavy atom. The van der Waals surface area contributed by atoms with Gasteiger partial charge < -0.3 is 10.4 Å². The van der Waals surface area contributed by atoms with Crippen LogP contribution in [0.25, 0.3) is 0 Å². The number of hydrogen-bond acceptors (Lipinski definition) is 2. The summed E-state index contributed by atoms with van der Waals surface area (Å²) in [4.78, 5) is 11.5. The number of aromatic hydroxyl groups is 1. The van der Waals surface area contributed by atoms with Gasteiger partial charge in [-0.1, -0.05) is 41.4 Å². The number of phenolic OH excluding ortho intramolecular Hbond substituents is 1. The molecule has 3 nitrogen and oxygen atoms in total. The molecule has 0 aliphatic heterocycles. The first-order chi connectivity index (χ1) is 7.82. The van der Waals surface area contributed by atoms with Crippen LogP contribution in [0.1, 0.15) is 19.4 Å². The molecule has 94 valence electrons. The van der Waals surface area contributed by atoms with Crippen LogP contribution in [0.3, 0.4) is 0 Å². The molecule has 0 saturated carbocycles. The Hall–Kier alpha value is -0.740. The quantitative estimate of drug-likeness (QED) is 0.659. The lowest BCUT2D eigenvalue weighted by Crippen LogP contribution is -2.27. The number of carbonyl (C=O) groups excluding carboxylic acids is 1. The Morgan fingerprint density at radius 2 is 2.06 bits per heavy atom. The average Bonchev–Trinajstić information content (AvgIpc) is 2.23. The van der Waals surface area contributed by atoms with Crippen molar-refractivity contribution in [3.05, 3.63) is 22.7 Å². The highest BCUT2D eigenvalue weighted by Gasteiger charge is 2.20. The van der Waals surface area contributed by atoms with Crippen LogP contribution in [0.4, 0.5) is 5.69 Å². The summed E-state index contributed by atoms with van der Waals surface area (Å²) in [5, 5.41) is 12.6. The smallest absolute Gasteiger partial charge is 0.238 e. The number of alkyl halides is 1. The number of anilines is 1. The Labute approximate surface area is 114 Å². The SMILES string of the molecule is Cc1cc(Cl)c(O)c(NC(=O)C(Br)C(C)C)c1. The first kappa shape index (κ1) is 14.3. The standard InChI is InChI=1S/C12H15BrClNO2/c1-6(2)10(13)12(17)15-9-5-7(3)4-8(14)11(9)16/h4-6,10,16H,1-3H3,(H,15,17). The summed E-state index contributed by atoms with van der Waals surface area (Å²) in [7, 11) is 0. The lowest BCUT2D eigenvalue weighted by atomic mass is 10.1. The van der Waals surface area contributed by atoms with E-state index < -0.39 is 0 Å². The Kier molecular flexibility index (Phi) is 4.83. The summed E-state index contributed by atoms with van der Waals surface area (Å²) in [5.41, 5.74) is 1.21. The van der Waals surface area contributed by atoms with E-state index in [1.807, 2.05) is 20.8 Å². The van der Waals surface area contributed by atoms with Crippen molar-refractivity contribution in [1.82, 2.24) is 0 Å². The number of amides is 1. The molecule has 1 atom stereocenters. The molecule has 0 aromatic heterocycles. The molecule has 1 aromatic carbocycles. The van der Waals surface area contributed by atoms with Crippen LogP contribution in [-0.2, 0) is 4.79 Å². The van der Waals surface area contributed by atoms with Crippen LogP contribution >= 0.6 is 27.5 Å². The van der Waals surface area contributed by atoms with Crippen molar-refractivity contribution in [1.29, 1.82) is 0 Å². The fraction of sp³-hybridized carbons (Fsp3) is 0.417. The number of hydrogen-bond donors (Lipinski definition) is 2. The maximum absolute atomic E-state index is 11.8. The summed E-state index contributed by atoms with van der Waals surface area (Å²) in [6.07, 6.45) is 0. The molecule has 1 amide bonds. The maximum Gasteiger partial charge on any atom is 0.238 e. The van der Waals surface area contributed by atoms with Gasteiger partial charge in [0, 0.05) is 0 Å². The van der Waals surface area contributed by atoms with Gasteiger partial charge in [-0.15, -0.1) is 0 Å². The largest absolute Gasteiger partial charge is 0.504 e. The predicted molar refractivity (Wildman–Crippen MR) is 74.0 cm³/mol. The Bertz CT molecular complexity index is 435. The molecular weight excluding hydrogens is 305 g/mol. The third kappa shape index (κ3) is 3.61. The third-order valence-corrected chi connectivity index (χ3v) is 4.06. The second kappa shape index (κ2) is 5.74. The summed E-state index contributed by atoms with van der Waals surface area (Å²) in [6, 6.07) is 3.32. The van der Waals surface area contributed by atoms with Crippen LogP contribution in [0.15, 0.2) is 12.1 Å². The number of halogens is 2. The molecule has 0 radical (unpaired) electrons. The maximum atomic E-state index is 11.8. The van der Waals surface area contributed by atoms with Crippen molar-refractivity contribution in [3.8, 4) is 5.75 Å². The summed E-state index contributed by atoms with van der Waals surface area (Å²) >= 11 is 9.13. The molecule has 17 heavy (non-hydrogen) atoms. The molecule has 0 fully saturated rings. The highest BCUT2D eigenvalue weighted by molar-refractivity contribution is 9.10. The molecule has 0 heterocycles. The summed E-state index contributed by atoms with van der Waals surface area (Å²) < 4.78 is 0. The number of benzene rings is 1. The number of carbonyl (C=O) groups is 1. The fourth-order valence-corrected chi connectivity index (χ4v) is 1.72. The summed E-state index contributed by atoms with van der Waals surface area (Å²) in [5.74, 6) is -0.136. The monoisotopic (exact) mass is 319 g/mol. The Morgan fingerprint density at radius 1 is 1.47 bits per heavy atom. The molecule has 0 aliphatic rings. The molecule has 0 spiro atoms. The van der Waals surface area contributed by atoms with Gasteiger partial charge in [0.25, 0.3) is 0 Å². The molecule has 2 N–H and O–H groups in total. The van der Waals surface area contributed by atoms with Crippen molar-refractivity contribution >= 4 is 39.1 Å². The number of rotatable bonds is 3. The lowest BCUT2D eigenvalue weighted by Gasteiger charge is -2.15. The van der Waals surface area contributed by atoms with Gasteiger partial charge in [0.05, 0.1) is 15.5 Å². The van der Waals surface area contributed by atoms with Crippen LogP contribution in [-0.4, -0.2) is 15.8 Å². The molecular formula is C12H15BrClNO2. The van der Waals surface area contributed by atoms with Crippen molar-refractivity contribution in [2.75, 3.05) is 5.32 Å². The van der Waals surface area contributed by atoms with Gasteiger partial charge in [-0.05, 0) is 30.5 Å². The van der Waals surface area contributed by atoms with E-state index in [1.54, 1.807) is 12.1 Å². The topological polar surface area (TPSA) is 49.3 Å². The van der Waals surface area contributed by atoms with Crippen molar-refractivity contribution in [3.63, 3.8) is 0 Å². The number of nitrogens with one attached hydrogen (secondary N) is 1. The van der Waals surface area contributed by atoms with Gasteiger partial charge in [0.15, 0.2) is 5.75 Å². The van der Waals surface area contributed by atoms with Crippen molar-refractivity contribution in [2.24, 2.45) is 5.92 Å². The van der Waals surface area contributed by atoms with Gasteiger partial charge in [0.1, 0.15) is 0 Å². The van der Waals surface area contributed by atoms with Crippen LogP contribution < -0.4 is 5.32 Å². The van der Waals surface area contributed by atoms with E-state index in [0.29, 0.717) is 5.69 Å². The predicted octanol–water partition coefficient (Wildman–Crippen LogP) is 3.71. The van der Waals surface area contributed by atoms with Gasteiger partial charge in [-0.3, -0.25) is 4.79 Å². The molecule has 1 aromatic rings. The minimum atomic E-state index is -0.304. The van der Waals surface area contributed by atoms with E-state index >= 15 is 0 Å². The van der Waals surface area contributed by atoms with E-state index in [1.165, 1.54) is 0 Å². The second-order valence-corrected chi connectivity index (χ2v) is 5.67. The highest BCUT2D eigenvalue weighted by Crippen LogP contribution is 2.33. The minimum absolute atomic E-state index is 0.103. The molecule has 1 unspecified atom stereocenters. The molecule has 5 heteroatoms. The normalized spacial score (nSPS) is 12.6. The summed E-state index contributed by atoms with van der Waals surface area (Å²) in [6.45, 7) is 5.71. The van der Waals surface area contributed by atoms with E-state index in [0.717, 1.165) is 5.56 Å². The first-order valence-corrected chi connectivity index (χ1v) is 6.56. The zero-order valence-corrected chi connectivity index (χ0v) is 12.3. The second-order valence-electron chi connectivity index (χ2n) is 4.28. The van der Waals surface area contributed by atoms with E-state index in [-0.39, 0.29) is 27.4 Å². The van der Waals surface area contributed by atoms with Gasteiger partial charge >= 0.3 is 0 Å². The highest BCUT2D eigenvalue weighted by atomic mass is 79.9. The van der Waals surface area contributed by atoms with Crippen molar-refractivity contribution in [2.45, 2.75) is 25.6 Å². The third-order valence-electron chi connectivity index (χ3n) is 2.30. The zero-order chi connectivity index (χ0) is 13.2. The molecule has 1 rings (SSSR count). The average molecular weight is 321 g/mol. The van der Waals surface area contributed by atoms with Crippen LogP contribution in [0.5, 0.6) is 5.75 Å². The first-order valence-electron chi connectivity index (χ1n) is 5.27. The van der Waals surface area contributed by atoms with Gasteiger partial charge in [-0.2, -0.15) is 0 Å².